The van der Waals surface area contributed by atoms with Crippen molar-refractivity contribution in [3.63, 3.8) is 0 Å². The second-order valence-corrected chi connectivity index (χ2v) is 4.91. The van der Waals surface area contributed by atoms with Crippen LogP contribution in [0.1, 0.15) is 12.5 Å². The molecule has 1 atom stereocenters. The maximum atomic E-state index is 9.90. The van der Waals surface area contributed by atoms with E-state index in [1.165, 1.54) is 0 Å². The van der Waals surface area contributed by atoms with Crippen LogP contribution in [0.2, 0.25) is 5.02 Å². The molecule has 4 nitrogen and oxygen atoms in total. The molecule has 5 heteroatoms. The quantitative estimate of drug-likeness (QED) is 0.798. The Bertz CT molecular complexity index is 367. The number of ether oxygens (including phenoxy) is 2. The second kappa shape index (κ2) is 8.38. The highest BCUT2D eigenvalue weighted by Crippen LogP contribution is 2.27. The lowest BCUT2D eigenvalue weighted by molar-refractivity contribution is 0.0701. The molecule has 0 aromatic heterocycles. The SMILES string of the molecule is COCCN(Cc1c(O)cccc1Cl)C(C)COC. The van der Waals surface area contributed by atoms with E-state index in [1.807, 2.05) is 0 Å². The van der Waals surface area contributed by atoms with Gasteiger partial charge in [-0.2, -0.15) is 0 Å². The van der Waals surface area contributed by atoms with Crippen LogP contribution in [-0.4, -0.2) is 50.0 Å². The standard InChI is InChI=1S/C14H22ClNO3/c1-11(10-19-3)16(7-8-18-2)9-12-13(15)5-4-6-14(12)17/h4-6,11,17H,7-10H2,1-3H3. The summed E-state index contributed by atoms with van der Waals surface area (Å²) in [6.45, 7) is 4.65. The molecule has 1 unspecified atom stereocenters. The number of nitrogens with zero attached hydrogens (tertiary/aromatic N) is 1. The lowest BCUT2D eigenvalue weighted by atomic mass is 10.1. The van der Waals surface area contributed by atoms with Gasteiger partial charge in [0, 0.05) is 43.9 Å². The maximum Gasteiger partial charge on any atom is 0.121 e. The maximum absolute atomic E-state index is 9.90. The van der Waals surface area contributed by atoms with Gasteiger partial charge in [-0.15, -0.1) is 0 Å². The molecule has 1 rings (SSSR count). The van der Waals surface area contributed by atoms with Crippen LogP contribution in [0.5, 0.6) is 5.75 Å². The lowest BCUT2D eigenvalue weighted by Crippen LogP contribution is -2.38. The van der Waals surface area contributed by atoms with Crippen molar-refractivity contribution in [2.24, 2.45) is 0 Å². The van der Waals surface area contributed by atoms with Gasteiger partial charge in [-0.1, -0.05) is 17.7 Å². The Hall–Kier alpha value is -0.810. The fourth-order valence-corrected chi connectivity index (χ4v) is 2.15. The molecule has 0 aliphatic rings. The van der Waals surface area contributed by atoms with Crippen LogP contribution >= 0.6 is 11.6 Å². The summed E-state index contributed by atoms with van der Waals surface area (Å²) in [6, 6.07) is 5.39. The van der Waals surface area contributed by atoms with Gasteiger partial charge >= 0.3 is 0 Å². The molecule has 0 aliphatic carbocycles. The van der Waals surface area contributed by atoms with Crippen molar-refractivity contribution >= 4 is 11.6 Å². The second-order valence-electron chi connectivity index (χ2n) is 4.51. The van der Waals surface area contributed by atoms with Crippen molar-refractivity contribution in [3.05, 3.63) is 28.8 Å². The number of aromatic hydroxyl groups is 1. The molecule has 108 valence electrons. The Kier molecular flexibility index (Phi) is 7.16. The van der Waals surface area contributed by atoms with Gasteiger partial charge in [0.25, 0.3) is 0 Å². The number of hydrogen-bond acceptors (Lipinski definition) is 4. The Morgan fingerprint density at radius 2 is 2.05 bits per heavy atom. The third-order valence-electron chi connectivity index (χ3n) is 3.07. The van der Waals surface area contributed by atoms with Crippen LogP contribution in [0.25, 0.3) is 0 Å². The number of rotatable bonds is 8. The molecule has 1 aromatic rings. The molecule has 0 spiro atoms. The fraction of sp³-hybridized carbons (Fsp3) is 0.571. The van der Waals surface area contributed by atoms with Gasteiger partial charge in [0.2, 0.25) is 0 Å². The van der Waals surface area contributed by atoms with Gasteiger partial charge in [-0.05, 0) is 19.1 Å². The van der Waals surface area contributed by atoms with Crippen LogP contribution < -0.4 is 0 Å². The summed E-state index contributed by atoms with van der Waals surface area (Å²) in [5.74, 6) is 0.222. The first-order valence-electron chi connectivity index (χ1n) is 6.28. The Morgan fingerprint density at radius 3 is 2.63 bits per heavy atom. The summed E-state index contributed by atoms with van der Waals surface area (Å²) < 4.78 is 10.3. The third kappa shape index (κ3) is 4.99. The molecule has 1 aromatic carbocycles. The lowest BCUT2D eigenvalue weighted by Gasteiger charge is -2.29. The fourth-order valence-electron chi connectivity index (χ4n) is 1.92. The average Bonchev–Trinajstić information content (AvgIpc) is 2.37. The van der Waals surface area contributed by atoms with E-state index in [4.69, 9.17) is 21.1 Å². The van der Waals surface area contributed by atoms with Crippen molar-refractivity contribution < 1.29 is 14.6 Å². The number of hydrogen-bond donors (Lipinski definition) is 1. The number of halogens is 1. The number of phenols is 1. The Morgan fingerprint density at radius 1 is 1.32 bits per heavy atom. The molecule has 0 bridgehead atoms. The monoisotopic (exact) mass is 287 g/mol. The number of benzene rings is 1. The summed E-state index contributed by atoms with van der Waals surface area (Å²) in [5.41, 5.74) is 0.739. The van der Waals surface area contributed by atoms with Crippen LogP contribution in [0.4, 0.5) is 0 Å². The molecule has 1 N–H and O–H groups in total. The van der Waals surface area contributed by atoms with Crippen molar-refractivity contribution in [2.75, 3.05) is 34.0 Å². The minimum absolute atomic E-state index is 0.218. The zero-order chi connectivity index (χ0) is 14.3. The molecular formula is C14H22ClNO3. The minimum atomic E-state index is 0.218. The first kappa shape index (κ1) is 16.2. The largest absolute Gasteiger partial charge is 0.508 e. The van der Waals surface area contributed by atoms with Gasteiger partial charge in [0.05, 0.1) is 13.2 Å². The van der Waals surface area contributed by atoms with E-state index in [9.17, 15) is 5.11 Å². The van der Waals surface area contributed by atoms with Crippen molar-refractivity contribution in [2.45, 2.75) is 19.5 Å². The van der Waals surface area contributed by atoms with Crippen molar-refractivity contribution in [1.82, 2.24) is 4.90 Å². The van der Waals surface area contributed by atoms with Crippen LogP contribution in [0, 0.1) is 0 Å². The molecule has 0 fully saturated rings. The first-order chi connectivity index (χ1) is 9.10. The van der Waals surface area contributed by atoms with E-state index in [0.717, 1.165) is 12.1 Å². The number of phenolic OH excluding ortho intramolecular Hbond substituents is 1. The van der Waals surface area contributed by atoms with Crippen LogP contribution in [0.3, 0.4) is 0 Å². The van der Waals surface area contributed by atoms with Crippen LogP contribution in [-0.2, 0) is 16.0 Å². The Labute approximate surface area is 119 Å². The smallest absolute Gasteiger partial charge is 0.121 e. The zero-order valence-electron chi connectivity index (χ0n) is 11.7. The molecule has 0 aliphatic heterocycles. The molecule has 0 saturated heterocycles. The highest BCUT2D eigenvalue weighted by molar-refractivity contribution is 6.31. The Balaban J connectivity index is 2.81. The molecule has 0 saturated carbocycles. The minimum Gasteiger partial charge on any atom is -0.508 e. The van der Waals surface area contributed by atoms with E-state index >= 15 is 0 Å². The molecule has 19 heavy (non-hydrogen) atoms. The summed E-state index contributed by atoms with van der Waals surface area (Å²) >= 11 is 6.14. The number of methoxy groups -OCH3 is 2. The van der Waals surface area contributed by atoms with Gasteiger partial charge in [-0.25, -0.2) is 0 Å². The molecule has 0 heterocycles. The van der Waals surface area contributed by atoms with Gasteiger partial charge in [-0.3, -0.25) is 4.90 Å². The topological polar surface area (TPSA) is 41.9 Å². The van der Waals surface area contributed by atoms with E-state index < -0.39 is 0 Å². The van der Waals surface area contributed by atoms with E-state index in [2.05, 4.69) is 11.8 Å². The zero-order valence-corrected chi connectivity index (χ0v) is 12.5. The summed E-state index contributed by atoms with van der Waals surface area (Å²) in [5, 5.41) is 10.5. The summed E-state index contributed by atoms with van der Waals surface area (Å²) in [6.07, 6.45) is 0. The van der Waals surface area contributed by atoms with Crippen molar-refractivity contribution in [1.29, 1.82) is 0 Å². The van der Waals surface area contributed by atoms with Gasteiger partial charge in [0.15, 0.2) is 0 Å². The first-order valence-corrected chi connectivity index (χ1v) is 6.66. The average molecular weight is 288 g/mol. The predicted molar refractivity (Wildman–Crippen MR) is 76.7 cm³/mol. The summed E-state index contributed by atoms with van der Waals surface area (Å²) in [4.78, 5) is 2.17. The normalized spacial score (nSPS) is 12.9. The highest BCUT2D eigenvalue weighted by Gasteiger charge is 2.17. The van der Waals surface area contributed by atoms with Gasteiger partial charge in [0.1, 0.15) is 5.75 Å². The highest BCUT2D eigenvalue weighted by atomic mass is 35.5. The van der Waals surface area contributed by atoms with Gasteiger partial charge < -0.3 is 14.6 Å². The van der Waals surface area contributed by atoms with E-state index in [0.29, 0.717) is 24.8 Å². The molecule has 0 amide bonds. The van der Waals surface area contributed by atoms with E-state index in [1.54, 1.807) is 32.4 Å². The molecular weight excluding hydrogens is 266 g/mol. The van der Waals surface area contributed by atoms with Crippen molar-refractivity contribution in [3.8, 4) is 5.75 Å². The van der Waals surface area contributed by atoms with Crippen LogP contribution in [0.15, 0.2) is 18.2 Å². The third-order valence-corrected chi connectivity index (χ3v) is 3.42. The summed E-state index contributed by atoms with van der Waals surface area (Å²) in [7, 11) is 3.35. The van der Waals surface area contributed by atoms with E-state index in [-0.39, 0.29) is 11.8 Å². The molecule has 0 radical (unpaired) electrons. The predicted octanol–water partition coefficient (Wildman–Crippen LogP) is 2.53.